The quantitative estimate of drug-likeness (QED) is 0.837. The molecule has 2 heteroatoms. The lowest BCUT2D eigenvalue weighted by Crippen LogP contribution is -2.57. The average molecular weight is 233 g/mol. The first-order valence-corrected chi connectivity index (χ1v) is 6.58. The third kappa shape index (κ3) is 2.32. The normalized spacial score (nSPS) is 26.4. The number of hydrogen-bond donors (Lipinski definition) is 2. The molecule has 2 N–H and O–H groups in total. The number of aliphatic hydroxyl groups is 1. The van der Waals surface area contributed by atoms with Crippen LogP contribution in [0.4, 0.5) is 5.69 Å². The number of aryl methyl sites for hydroxylation is 1. The van der Waals surface area contributed by atoms with Gasteiger partial charge in [-0.2, -0.15) is 0 Å². The maximum absolute atomic E-state index is 9.76. The first-order valence-electron chi connectivity index (χ1n) is 6.58. The van der Waals surface area contributed by atoms with E-state index in [1.165, 1.54) is 11.3 Å². The van der Waals surface area contributed by atoms with Gasteiger partial charge in [0.2, 0.25) is 0 Å². The van der Waals surface area contributed by atoms with Gasteiger partial charge in [-0.15, -0.1) is 0 Å². The number of rotatable bonds is 4. The first-order chi connectivity index (χ1) is 8.05. The summed E-state index contributed by atoms with van der Waals surface area (Å²) >= 11 is 0. The van der Waals surface area contributed by atoms with E-state index >= 15 is 0 Å². The number of benzene rings is 1. The molecule has 1 aliphatic carbocycles. The van der Waals surface area contributed by atoms with E-state index in [1.54, 1.807) is 0 Å². The molecular weight excluding hydrogens is 210 g/mol. The fraction of sp³-hybridized carbons (Fsp3) is 0.600. The maximum atomic E-state index is 9.76. The molecule has 0 radical (unpaired) electrons. The van der Waals surface area contributed by atoms with E-state index in [9.17, 15) is 5.11 Å². The Hall–Kier alpha value is -1.02. The number of nitrogens with one attached hydrogen (secondary N) is 1. The molecule has 2 unspecified atom stereocenters. The van der Waals surface area contributed by atoms with Crippen LogP contribution in [0.3, 0.4) is 0 Å². The summed E-state index contributed by atoms with van der Waals surface area (Å²) in [7, 11) is 0. The summed E-state index contributed by atoms with van der Waals surface area (Å²) in [5, 5.41) is 13.3. The molecule has 1 aromatic carbocycles. The molecule has 2 nitrogen and oxygen atoms in total. The summed E-state index contributed by atoms with van der Waals surface area (Å²) in [6, 6.07) is 8.88. The third-order valence-electron chi connectivity index (χ3n) is 4.08. The van der Waals surface area contributed by atoms with Gasteiger partial charge < -0.3 is 10.4 Å². The van der Waals surface area contributed by atoms with E-state index in [0.29, 0.717) is 6.04 Å². The van der Waals surface area contributed by atoms with Crippen molar-refractivity contribution in [3.63, 3.8) is 0 Å². The minimum Gasteiger partial charge on any atom is -0.392 e. The lowest BCUT2D eigenvalue weighted by Gasteiger charge is -2.50. The predicted octanol–water partition coefficient (Wildman–Crippen LogP) is 3.21. The van der Waals surface area contributed by atoms with Crippen LogP contribution in [0.25, 0.3) is 0 Å². The highest BCUT2D eigenvalue weighted by Gasteiger charge is 2.47. The third-order valence-corrected chi connectivity index (χ3v) is 4.08. The van der Waals surface area contributed by atoms with Crippen LogP contribution in [-0.4, -0.2) is 17.3 Å². The molecule has 0 aromatic heterocycles. The highest BCUT2D eigenvalue weighted by Crippen LogP contribution is 2.42. The highest BCUT2D eigenvalue weighted by molar-refractivity contribution is 5.52. The molecule has 0 heterocycles. The van der Waals surface area contributed by atoms with Crippen molar-refractivity contribution < 1.29 is 5.11 Å². The molecule has 17 heavy (non-hydrogen) atoms. The number of para-hydroxylation sites is 1. The minimum atomic E-state index is -0.168. The molecule has 1 saturated carbocycles. The van der Waals surface area contributed by atoms with Crippen LogP contribution >= 0.6 is 0 Å². The van der Waals surface area contributed by atoms with Crippen molar-refractivity contribution in [2.24, 2.45) is 5.41 Å². The standard InChI is InChI=1S/C15H23NO/c1-4-7-11-8-5-6-9-12(11)16-13-10-14(17)15(13,2)3/h5-6,8-9,13-14,16-17H,4,7,10H2,1-3H3. The van der Waals surface area contributed by atoms with Gasteiger partial charge in [-0.1, -0.05) is 45.4 Å². The fourth-order valence-corrected chi connectivity index (χ4v) is 2.48. The van der Waals surface area contributed by atoms with Gasteiger partial charge in [-0.05, 0) is 24.5 Å². The summed E-state index contributed by atoms with van der Waals surface area (Å²) in [5.41, 5.74) is 2.60. The van der Waals surface area contributed by atoms with Crippen LogP contribution in [0.1, 0.15) is 39.2 Å². The Morgan fingerprint density at radius 1 is 1.35 bits per heavy atom. The highest BCUT2D eigenvalue weighted by atomic mass is 16.3. The number of aliphatic hydroxyl groups excluding tert-OH is 1. The van der Waals surface area contributed by atoms with Crippen LogP contribution in [-0.2, 0) is 6.42 Å². The summed E-state index contributed by atoms with van der Waals surface area (Å²) in [6.07, 6.45) is 2.96. The van der Waals surface area contributed by atoms with Crippen LogP contribution in [0.2, 0.25) is 0 Å². The van der Waals surface area contributed by atoms with Crippen LogP contribution in [0, 0.1) is 5.41 Å². The molecule has 2 atom stereocenters. The predicted molar refractivity (Wildman–Crippen MR) is 72.3 cm³/mol. The Labute approximate surface area is 104 Å². The van der Waals surface area contributed by atoms with Gasteiger partial charge in [0.1, 0.15) is 0 Å². The van der Waals surface area contributed by atoms with Gasteiger partial charge in [0.25, 0.3) is 0 Å². The maximum Gasteiger partial charge on any atom is 0.0630 e. The van der Waals surface area contributed by atoms with Crippen molar-refractivity contribution in [2.45, 2.75) is 52.2 Å². The van der Waals surface area contributed by atoms with Gasteiger partial charge >= 0.3 is 0 Å². The molecule has 0 saturated heterocycles. The zero-order chi connectivity index (χ0) is 12.5. The van der Waals surface area contributed by atoms with Gasteiger partial charge in [0.05, 0.1) is 6.10 Å². The zero-order valence-electron chi connectivity index (χ0n) is 11.0. The molecule has 0 bridgehead atoms. The second-order valence-corrected chi connectivity index (χ2v) is 5.68. The Kier molecular flexibility index (Phi) is 3.43. The lowest BCUT2D eigenvalue weighted by atomic mass is 9.64. The van der Waals surface area contributed by atoms with Crippen molar-refractivity contribution in [1.82, 2.24) is 0 Å². The van der Waals surface area contributed by atoms with E-state index in [4.69, 9.17) is 0 Å². The molecule has 1 aliphatic rings. The van der Waals surface area contributed by atoms with Gasteiger partial charge in [0, 0.05) is 17.1 Å². The average Bonchev–Trinajstić information content (AvgIpc) is 2.31. The van der Waals surface area contributed by atoms with Crippen molar-refractivity contribution in [3.8, 4) is 0 Å². The van der Waals surface area contributed by atoms with E-state index in [0.717, 1.165) is 19.3 Å². The lowest BCUT2D eigenvalue weighted by molar-refractivity contribution is -0.0510. The smallest absolute Gasteiger partial charge is 0.0630 e. The molecule has 0 spiro atoms. The molecule has 0 aliphatic heterocycles. The largest absolute Gasteiger partial charge is 0.392 e. The van der Waals surface area contributed by atoms with Gasteiger partial charge in [0.15, 0.2) is 0 Å². The van der Waals surface area contributed by atoms with Crippen molar-refractivity contribution in [1.29, 1.82) is 0 Å². The van der Waals surface area contributed by atoms with Crippen LogP contribution < -0.4 is 5.32 Å². The summed E-state index contributed by atoms with van der Waals surface area (Å²) in [5.74, 6) is 0. The Morgan fingerprint density at radius 3 is 2.65 bits per heavy atom. The Balaban J connectivity index is 2.09. The SMILES string of the molecule is CCCc1ccccc1NC1CC(O)C1(C)C. The van der Waals surface area contributed by atoms with E-state index < -0.39 is 0 Å². The van der Waals surface area contributed by atoms with E-state index in [1.807, 2.05) is 0 Å². The van der Waals surface area contributed by atoms with E-state index in [-0.39, 0.29) is 11.5 Å². The van der Waals surface area contributed by atoms with Gasteiger partial charge in [-0.3, -0.25) is 0 Å². The topological polar surface area (TPSA) is 32.3 Å². The number of hydrogen-bond acceptors (Lipinski definition) is 2. The summed E-state index contributed by atoms with van der Waals surface area (Å²) in [4.78, 5) is 0. The first kappa shape index (κ1) is 12.4. The van der Waals surface area contributed by atoms with Crippen LogP contribution in [0.5, 0.6) is 0 Å². The van der Waals surface area contributed by atoms with Gasteiger partial charge in [-0.25, -0.2) is 0 Å². The van der Waals surface area contributed by atoms with Crippen molar-refractivity contribution in [3.05, 3.63) is 29.8 Å². The molecule has 0 amide bonds. The Morgan fingerprint density at radius 2 is 2.06 bits per heavy atom. The number of anilines is 1. The van der Waals surface area contributed by atoms with E-state index in [2.05, 4.69) is 50.4 Å². The van der Waals surface area contributed by atoms with Crippen molar-refractivity contribution in [2.75, 3.05) is 5.32 Å². The molecule has 1 fully saturated rings. The monoisotopic (exact) mass is 233 g/mol. The van der Waals surface area contributed by atoms with Crippen LogP contribution in [0.15, 0.2) is 24.3 Å². The Bertz CT molecular complexity index is 386. The molecule has 1 aromatic rings. The zero-order valence-corrected chi connectivity index (χ0v) is 11.0. The second-order valence-electron chi connectivity index (χ2n) is 5.68. The fourth-order valence-electron chi connectivity index (χ4n) is 2.48. The van der Waals surface area contributed by atoms with Crippen molar-refractivity contribution >= 4 is 5.69 Å². The molecule has 94 valence electrons. The molecule has 2 rings (SSSR count). The second kappa shape index (κ2) is 4.69. The summed E-state index contributed by atoms with van der Waals surface area (Å²) in [6.45, 7) is 6.45. The minimum absolute atomic E-state index is 0.0146. The summed E-state index contributed by atoms with van der Waals surface area (Å²) < 4.78 is 0. The molecular formula is C15H23NO.